The van der Waals surface area contributed by atoms with E-state index in [-0.39, 0.29) is 6.54 Å². The summed E-state index contributed by atoms with van der Waals surface area (Å²) in [7, 11) is 0. The van der Waals surface area contributed by atoms with Crippen molar-refractivity contribution in [2.75, 3.05) is 6.54 Å². The van der Waals surface area contributed by atoms with Gasteiger partial charge in [0.25, 0.3) is 0 Å². The Balaban J connectivity index is 3.82. The van der Waals surface area contributed by atoms with Gasteiger partial charge < -0.3 is 16.2 Å². The Morgan fingerprint density at radius 2 is 2.27 bits per heavy atom. The number of hydrogen-bond donors (Lipinski definition) is 3. The van der Waals surface area contributed by atoms with Gasteiger partial charge in [-0.05, 0) is 0 Å². The average molecular weight is 158 g/mol. The maximum absolute atomic E-state index is 10.7. The Hall–Kier alpha value is -1.36. The lowest BCUT2D eigenvalue weighted by Gasteiger charge is -2.04. The number of aliphatic carboxylic acids is 1. The van der Waals surface area contributed by atoms with Crippen LogP contribution in [0.5, 0.6) is 0 Å². The van der Waals surface area contributed by atoms with Crippen molar-refractivity contribution in [3.05, 3.63) is 12.7 Å². The summed E-state index contributed by atoms with van der Waals surface area (Å²) in [5.74, 6) is -2.05. The lowest BCUT2D eigenvalue weighted by atomic mass is 10.3. The van der Waals surface area contributed by atoms with Crippen molar-refractivity contribution in [1.82, 2.24) is 5.32 Å². The Kier molecular flexibility index (Phi) is 3.90. The highest BCUT2D eigenvalue weighted by Gasteiger charge is 2.19. The third-order valence-electron chi connectivity index (χ3n) is 0.969. The van der Waals surface area contributed by atoms with Crippen LogP contribution >= 0.6 is 0 Å². The number of carbonyl (C=O) groups is 2. The molecule has 1 amide bonds. The topological polar surface area (TPSA) is 92.4 Å². The molecule has 1 unspecified atom stereocenters. The van der Waals surface area contributed by atoms with Crippen molar-refractivity contribution in [2.24, 2.45) is 5.73 Å². The van der Waals surface area contributed by atoms with Crippen molar-refractivity contribution in [3.8, 4) is 0 Å². The second-order valence-electron chi connectivity index (χ2n) is 1.85. The molecule has 0 aromatic heterocycles. The molecule has 0 aromatic carbocycles. The minimum atomic E-state index is -1.49. The van der Waals surface area contributed by atoms with Crippen LogP contribution in [0.25, 0.3) is 0 Å². The molecule has 0 fully saturated rings. The third kappa shape index (κ3) is 3.36. The van der Waals surface area contributed by atoms with Crippen LogP contribution in [0, 0.1) is 0 Å². The van der Waals surface area contributed by atoms with Crippen LogP contribution in [0.4, 0.5) is 0 Å². The van der Waals surface area contributed by atoms with Gasteiger partial charge in [0.15, 0.2) is 6.04 Å². The van der Waals surface area contributed by atoms with Crippen molar-refractivity contribution in [1.29, 1.82) is 0 Å². The van der Waals surface area contributed by atoms with Crippen molar-refractivity contribution in [3.63, 3.8) is 0 Å². The number of amides is 1. The fraction of sp³-hybridized carbons (Fsp3) is 0.333. The van der Waals surface area contributed by atoms with Gasteiger partial charge in [0, 0.05) is 6.54 Å². The second kappa shape index (κ2) is 4.45. The van der Waals surface area contributed by atoms with Crippen LogP contribution in [0.15, 0.2) is 12.7 Å². The molecule has 0 saturated heterocycles. The predicted octanol–water partition coefficient (Wildman–Crippen LogP) is -1.30. The average Bonchev–Trinajstić information content (AvgIpc) is 1.98. The molecule has 5 heteroatoms. The Morgan fingerprint density at radius 3 is 2.64 bits per heavy atom. The molecule has 0 bridgehead atoms. The van der Waals surface area contributed by atoms with Gasteiger partial charge in [-0.25, -0.2) is 4.79 Å². The zero-order valence-corrected chi connectivity index (χ0v) is 5.91. The van der Waals surface area contributed by atoms with Crippen LogP contribution < -0.4 is 11.1 Å². The van der Waals surface area contributed by atoms with Crippen LogP contribution in [0.1, 0.15) is 0 Å². The Labute approximate surface area is 63.9 Å². The fourth-order valence-corrected chi connectivity index (χ4v) is 0.395. The molecule has 0 heterocycles. The summed E-state index contributed by atoms with van der Waals surface area (Å²) >= 11 is 0. The summed E-state index contributed by atoms with van der Waals surface area (Å²) in [6.07, 6.45) is 1.44. The van der Waals surface area contributed by atoms with Crippen LogP contribution in [-0.4, -0.2) is 29.6 Å². The Bertz CT molecular complexity index is 179. The highest BCUT2D eigenvalue weighted by molar-refractivity contribution is 6.00. The minimum Gasteiger partial charge on any atom is -0.480 e. The van der Waals surface area contributed by atoms with E-state index in [1.807, 2.05) is 0 Å². The first-order valence-corrected chi connectivity index (χ1v) is 2.96. The standard InChI is InChI=1S/C6H10N2O3/c1-2-3-8-5(9)4(7)6(10)11/h2,4H,1,3,7H2,(H,8,9)(H,10,11). The minimum absolute atomic E-state index is 0.222. The SMILES string of the molecule is C=CCNC(=O)C(N)C(=O)O. The number of carboxylic acids is 1. The van der Waals surface area contributed by atoms with Gasteiger partial charge in [-0.3, -0.25) is 4.79 Å². The summed E-state index contributed by atoms with van der Waals surface area (Å²) in [6, 6.07) is -1.49. The van der Waals surface area contributed by atoms with Gasteiger partial charge in [0.1, 0.15) is 0 Å². The smallest absolute Gasteiger partial charge is 0.330 e. The summed E-state index contributed by atoms with van der Waals surface area (Å²) in [5, 5.41) is 10.5. The van der Waals surface area contributed by atoms with E-state index < -0.39 is 17.9 Å². The maximum Gasteiger partial charge on any atom is 0.330 e. The van der Waals surface area contributed by atoms with Gasteiger partial charge in [-0.2, -0.15) is 0 Å². The zero-order valence-electron chi connectivity index (χ0n) is 5.91. The molecule has 0 spiro atoms. The van der Waals surface area contributed by atoms with E-state index in [0.717, 1.165) is 0 Å². The van der Waals surface area contributed by atoms with Gasteiger partial charge in [-0.1, -0.05) is 6.08 Å². The first-order chi connectivity index (χ1) is 5.09. The van der Waals surface area contributed by atoms with E-state index in [1.165, 1.54) is 6.08 Å². The molecule has 0 aromatic rings. The number of carboxylic acid groups (broad SMARTS) is 1. The zero-order chi connectivity index (χ0) is 8.85. The van der Waals surface area contributed by atoms with E-state index in [4.69, 9.17) is 10.8 Å². The predicted molar refractivity (Wildman–Crippen MR) is 38.8 cm³/mol. The monoisotopic (exact) mass is 158 g/mol. The summed E-state index contributed by atoms with van der Waals surface area (Å²) < 4.78 is 0. The van der Waals surface area contributed by atoms with Gasteiger partial charge in [0.2, 0.25) is 5.91 Å². The number of nitrogens with two attached hydrogens (primary N) is 1. The van der Waals surface area contributed by atoms with Gasteiger partial charge >= 0.3 is 5.97 Å². The van der Waals surface area contributed by atoms with Gasteiger partial charge in [0.05, 0.1) is 0 Å². The molecule has 4 N–H and O–H groups in total. The molecule has 62 valence electrons. The van der Waals surface area contributed by atoms with Crippen molar-refractivity contribution in [2.45, 2.75) is 6.04 Å². The van der Waals surface area contributed by atoms with Crippen molar-refractivity contribution < 1.29 is 14.7 Å². The normalized spacial score (nSPS) is 11.7. The number of rotatable bonds is 4. The fourth-order valence-electron chi connectivity index (χ4n) is 0.395. The molecular formula is C6H10N2O3. The number of nitrogens with one attached hydrogen (secondary N) is 1. The first-order valence-electron chi connectivity index (χ1n) is 2.96. The number of carbonyl (C=O) groups excluding carboxylic acids is 1. The van der Waals surface area contributed by atoms with Crippen LogP contribution in [0.2, 0.25) is 0 Å². The highest BCUT2D eigenvalue weighted by Crippen LogP contribution is 1.77. The summed E-state index contributed by atoms with van der Waals surface area (Å²) in [5.41, 5.74) is 4.95. The molecule has 1 atom stereocenters. The van der Waals surface area contributed by atoms with E-state index in [9.17, 15) is 9.59 Å². The van der Waals surface area contributed by atoms with Crippen LogP contribution in [-0.2, 0) is 9.59 Å². The molecule has 0 rings (SSSR count). The van der Waals surface area contributed by atoms with E-state index >= 15 is 0 Å². The molecule has 11 heavy (non-hydrogen) atoms. The quantitative estimate of drug-likeness (QED) is 0.350. The summed E-state index contributed by atoms with van der Waals surface area (Å²) in [6.45, 7) is 3.56. The van der Waals surface area contributed by atoms with Gasteiger partial charge in [-0.15, -0.1) is 6.58 Å². The van der Waals surface area contributed by atoms with E-state index in [0.29, 0.717) is 0 Å². The molecule has 0 saturated carbocycles. The van der Waals surface area contributed by atoms with Crippen molar-refractivity contribution >= 4 is 11.9 Å². The molecule has 5 nitrogen and oxygen atoms in total. The summed E-state index contributed by atoms with van der Waals surface area (Å²) in [4.78, 5) is 20.8. The highest BCUT2D eigenvalue weighted by atomic mass is 16.4. The van der Waals surface area contributed by atoms with Crippen LogP contribution in [0.3, 0.4) is 0 Å². The third-order valence-corrected chi connectivity index (χ3v) is 0.969. The lowest BCUT2D eigenvalue weighted by Crippen LogP contribution is -2.45. The lowest BCUT2D eigenvalue weighted by molar-refractivity contribution is -0.142. The largest absolute Gasteiger partial charge is 0.480 e. The molecular weight excluding hydrogens is 148 g/mol. The van der Waals surface area contributed by atoms with E-state index in [1.54, 1.807) is 0 Å². The molecule has 0 aliphatic carbocycles. The molecule has 0 radical (unpaired) electrons. The second-order valence-corrected chi connectivity index (χ2v) is 1.85. The number of hydrogen-bond acceptors (Lipinski definition) is 3. The maximum atomic E-state index is 10.7. The molecule has 0 aliphatic heterocycles. The Morgan fingerprint density at radius 1 is 1.73 bits per heavy atom. The first kappa shape index (κ1) is 9.64. The molecule has 0 aliphatic rings. The van der Waals surface area contributed by atoms with E-state index in [2.05, 4.69) is 11.9 Å².